The highest BCUT2D eigenvalue weighted by Crippen LogP contribution is 2.27. The van der Waals surface area contributed by atoms with Crippen molar-refractivity contribution in [2.24, 2.45) is 0 Å². The SMILES string of the molecule is COC(=O)C1CCCc2nc(-c3ccc(C)cc3)nn21. The van der Waals surface area contributed by atoms with E-state index in [1.165, 1.54) is 12.7 Å². The molecule has 0 bridgehead atoms. The molecule has 1 atom stereocenters. The number of benzene rings is 1. The van der Waals surface area contributed by atoms with E-state index < -0.39 is 0 Å². The number of carbonyl (C=O) groups is 1. The topological polar surface area (TPSA) is 57.0 Å². The lowest BCUT2D eigenvalue weighted by Crippen LogP contribution is -2.27. The van der Waals surface area contributed by atoms with Gasteiger partial charge in [0.05, 0.1) is 7.11 Å². The van der Waals surface area contributed by atoms with Crippen LogP contribution < -0.4 is 0 Å². The van der Waals surface area contributed by atoms with Crippen LogP contribution in [0.1, 0.15) is 30.3 Å². The van der Waals surface area contributed by atoms with E-state index in [0.29, 0.717) is 5.82 Å². The molecule has 0 amide bonds. The van der Waals surface area contributed by atoms with Gasteiger partial charge in [0, 0.05) is 12.0 Å². The van der Waals surface area contributed by atoms with E-state index in [-0.39, 0.29) is 12.0 Å². The molecule has 0 aliphatic carbocycles. The average molecular weight is 271 g/mol. The average Bonchev–Trinajstić information content (AvgIpc) is 2.91. The summed E-state index contributed by atoms with van der Waals surface area (Å²) in [4.78, 5) is 16.4. The van der Waals surface area contributed by atoms with Crippen LogP contribution in [0.2, 0.25) is 0 Å². The molecule has 1 aromatic heterocycles. The van der Waals surface area contributed by atoms with Crippen molar-refractivity contribution in [2.75, 3.05) is 7.11 Å². The molecule has 5 nitrogen and oxygen atoms in total. The number of esters is 1. The van der Waals surface area contributed by atoms with Gasteiger partial charge in [0.25, 0.3) is 0 Å². The highest BCUT2D eigenvalue weighted by molar-refractivity contribution is 5.74. The van der Waals surface area contributed by atoms with Crippen LogP contribution in [0.4, 0.5) is 0 Å². The number of hydrogen-bond donors (Lipinski definition) is 0. The van der Waals surface area contributed by atoms with Crippen molar-refractivity contribution in [3.8, 4) is 11.4 Å². The number of carbonyl (C=O) groups excluding carboxylic acids is 1. The minimum atomic E-state index is -0.338. The number of aromatic nitrogens is 3. The zero-order valence-corrected chi connectivity index (χ0v) is 11.7. The second-order valence-electron chi connectivity index (χ2n) is 5.09. The Morgan fingerprint density at radius 3 is 2.80 bits per heavy atom. The number of hydrogen-bond acceptors (Lipinski definition) is 4. The van der Waals surface area contributed by atoms with Crippen LogP contribution in [0, 0.1) is 6.92 Å². The molecule has 0 saturated carbocycles. The summed E-state index contributed by atoms with van der Waals surface area (Å²) in [5.41, 5.74) is 2.17. The predicted octanol–water partition coefficient (Wildman–Crippen LogP) is 2.30. The number of methoxy groups -OCH3 is 1. The van der Waals surface area contributed by atoms with Gasteiger partial charge >= 0.3 is 5.97 Å². The van der Waals surface area contributed by atoms with Gasteiger partial charge in [0.2, 0.25) is 0 Å². The quantitative estimate of drug-likeness (QED) is 0.786. The lowest BCUT2D eigenvalue weighted by atomic mass is 10.1. The summed E-state index contributed by atoms with van der Waals surface area (Å²) in [5.74, 6) is 1.30. The highest BCUT2D eigenvalue weighted by Gasteiger charge is 2.29. The second kappa shape index (κ2) is 5.07. The maximum absolute atomic E-state index is 11.8. The molecule has 0 radical (unpaired) electrons. The molecule has 0 fully saturated rings. The zero-order valence-electron chi connectivity index (χ0n) is 11.7. The Kier molecular flexibility index (Phi) is 3.26. The maximum Gasteiger partial charge on any atom is 0.330 e. The molecule has 20 heavy (non-hydrogen) atoms. The van der Waals surface area contributed by atoms with Crippen LogP contribution in [-0.4, -0.2) is 27.8 Å². The Bertz CT molecular complexity index is 631. The molecule has 1 aliphatic rings. The fraction of sp³-hybridized carbons (Fsp3) is 0.400. The molecule has 104 valence electrons. The fourth-order valence-electron chi connectivity index (χ4n) is 2.53. The first-order valence-corrected chi connectivity index (χ1v) is 6.79. The standard InChI is InChI=1S/C15H17N3O2/c1-10-6-8-11(9-7-10)14-16-13-5-3-4-12(15(19)20-2)18(13)17-14/h6-9,12H,3-5H2,1-2H3. The Hall–Kier alpha value is -2.17. The number of ether oxygens (including phenoxy) is 1. The van der Waals surface area contributed by atoms with Crippen LogP contribution in [0.3, 0.4) is 0 Å². The van der Waals surface area contributed by atoms with E-state index >= 15 is 0 Å². The van der Waals surface area contributed by atoms with E-state index in [1.54, 1.807) is 4.68 Å². The van der Waals surface area contributed by atoms with Crippen molar-refractivity contribution in [1.82, 2.24) is 14.8 Å². The molecule has 0 N–H and O–H groups in total. The normalized spacial score (nSPS) is 17.6. The second-order valence-corrected chi connectivity index (χ2v) is 5.09. The maximum atomic E-state index is 11.8. The van der Waals surface area contributed by atoms with Gasteiger partial charge in [-0.2, -0.15) is 0 Å². The molecular formula is C15H17N3O2. The number of fused-ring (bicyclic) bond motifs is 1. The summed E-state index contributed by atoms with van der Waals surface area (Å²) in [5, 5.41) is 4.51. The molecule has 2 heterocycles. The summed E-state index contributed by atoms with van der Waals surface area (Å²) in [6, 6.07) is 7.74. The lowest BCUT2D eigenvalue weighted by molar-refractivity contribution is -0.145. The first-order valence-electron chi connectivity index (χ1n) is 6.79. The van der Waals surface area contributed by atoms with Crippen molar-refractivity contribution in [1.29, 1.82) is 0 Å². The minimum absolute atomic E-state index is 0.244. The zero-order chi connectivity index (χ0) is 14.1. The molecule has 0 spiro atoms. The summed E-state index contributed by atoms with van der Waals surface area (Å²) in [6.45, 7) is 2.04. The van der Waals surface area contributed by atoms with Crippen molar-refractivity contribution in [2.45, 2.75) is 32.2 Å². The molecule has 1 unspecified atom stereocenters. The molecular weight excluding hydrogens is 254 g/mol. The van der Waals surface area contributed by atoms with Crippen LogP contribution in [0.15, 0.2) is 24.3 Å². The van der Waals surface area contributed by atoms with Crippen LogP contribution in [0.25, 0.3) is 11.4 Å². The monoisotopic (exact) mass is 271 g/mol. The predicted molar refractivity (Wildman–Crippen MR) is 74.2 cm³/mol. The van der Waals surface area contributed by atoms with Gasteiger partial charge < -0.3 is 4.74 Å². The van der Waals surface area contributed by atoms with E-state index in [9.17, 15) is 4.79 Å². The summed E-state index contributed by atoms with van der Waals surface area (Å²) in [6.07, 6.45) is 2.55. The van der Waals surface area contributed by atoms with Gasteiger partial charge in [-0.3, -0.25) is 0 Å². The largest absolute Gasteiger partial charge is 0.467 e. The van der Waals surface area contributed by atoms with Gasteiger partial charge in [0.15, 0.2) is 11.9 Å². The van der Waals surface area contributed by atoms with Crippen LogP contribution in [-0.2, 0) is 16.0 Å². The van der Waals surface area contributed by atoms with Crippen LogP contribution in [0.5, 0.6) is 0 Å². The number of rotatable bonds is 2. The van der Waals surface area contributed by atoms with Gasteiger partial charge in [-0.05, 0) is 19.8 Å². The van der Waals surface area contributed by atoms with Crippen molar-refractivity contribution in [3.63, 3.8) is 0 Å². The number of aryl methyl sites for hydroxylation is 2. The van der Waals surface area contributed by atoms with Gasteiger partial charge in [0.1, 0.15) is 5.82 Å². The highest BCUT2D eigenvalue weighted by atomic mass is 16.5. The Labute approximate surface area is 117 Å². The third kappa shape index (κ3) is 2.19. The summed E-state index contributed by atoms with van der Waals surface area (Å²) >= 11 is 0. The lowest BCUT2D eigenvalue weighted by Gasteiger charge is -2.20. The third-order valence-electron chi connectivity index (χ3n) is 3.66. The smallest absolute Gasteiger partial charge is 0.330 e. The molecule has 3 rings (SSSR count). The van der Waals surface area contributed by atoms with E-state index in [4.69, 9.17) is 4.74 Å². The summed E-state index contributed by atoms with van der Waals surface area (Å²) < 4.78 is 6.58. The van der Waals surface area contributed by atoms with E-state index in [2.05, 4.69) is 10.1 Å². The fourth-order valence-corrected chi connectivity index (χ4v) is 2.53. The molecule has 2 aromatic rings. The Balaban J connectivity index is 1.99. The molecule has 1 aromatic carbocycles. The van der Waals surface area contributed by atoms with Gasteiger partial charge in [-0.15, -0.1) is 5.10 Å². The number of nitrogens with zero attached hydrogens (tertiary/aromatic N) is 3. The van der Waals surface area contributed by atoms with Crippen molar-refractivity contribution >= 4 is 5.97 Å². The van der Waals surface area contributed by atoms with Crippen molar-refractivity contribution < 1.29 is 9.53 Å². The van der Waals surface area contributed by atoms with E-state index in [0.717, 1.165) is 30.7 Å². The molecule has 0 saturated heterocycles. The Morgan fingerprint density at radius 2 is 2.10 bits per heavy atom. The Morgan fingerprint density at radius 1 is 1.35 bits per heavy atom. The van der Waals surface area contributed by atoms with Crippen LogP contribution >= 0.6 is 0 Å². The molecule has 1 aliphatic heterocycles. The van der Waals surface area contributed by atoms with Gasteiger partial charge in [-0.25, -0.2) is 14.5 Å². The first kappa shape index (κ1) is 12.8. The summed E-state index contributed by atoms with van der Waals surface area (Å²) in [7, 11) is 1.41. The van der Waals surface area contributed by atoms with Crippen molar-refractivity contribution in [3.05, 3.63) is 35.7 Å². The first-order chi connectivity index (χ1) is 9.69. The molecule has 5 heteroatoms. The minimum Gasteiger partial charge on any atom is -0.467 e. The van der Waals surface area contributed by atoms with E-state index in [1.807, 2.05) is 31.2 Å². The van der Waals surface area contributed by atoms with Gasteiger partial charge in [-0.1, -0.05) is 29.8 Å². The third-order valence-corrected chi connectivity index (χ3v) is 3.66.